The van der Waals surface area contributed by atoms with Crippen LogP contribution in [0.15, 0.2) is 47.2 Å². The van der Waals surface area contributed by atoms with E-state index in [1.807, 2.05) is 44.2 Å². The lowest BCUT2D eigenvalue weighted by Gasteiger charge is -2.17. The molecule has 29 heavy (non-hydrogen) atoms. The summed E-state index contributed by atoms with van der Waals surface area (Å²) in [5.74, 6) is 0.599. The molecule has 0 spiro atoms. The van der Waals surface area contributed by atoms with Crippen LogP contribution in [0, 0.1) is 0 Å². The first-order valence-electron chi connectivity index (χ1n) is 9.55. The third-order valence-corrected chi connectivity index (χ3v) is 4.69. The van der Waals surface area contributed by atoms with Crippen LogP contribution in [0.1, 0.15) is 30.2 Å². The van der Waals surface area contributed by atoms with E-state index in [0.29, 0.717) is 12.3 Å². The molecule has 2 aromatic heterocycles. The van der Waals surface area contributed by atoms with Crippen molar-refractivity contribution in [1.29, 1.82) is 0 Å². The molecular formula is C21H23N3O5. The summed E-state index contributed by atoms with van der Waals surface area (Å²) in [5, 5.41) is 11.1. The Kier molecular flexibility index (Phi) is 5.46. The molecule has 1 aliphatic rings. The third-order valence-electron chi connectivity index (χ3n) is 4.69. The van der Waals surface area contributed by atoms with E-state index in [-0.39, 0.29) is 36.7 Å². The summed E-state index contributed by atoms with van der Waals surface area (Å²) in [7, 11) is 0. The minimum Gasteiger partial charge on any atom is -0.482 e. The van der Waals surface area contributed by atoms with Gasteiger partial charge in [-0.2, -0.15) is 0 Å². The Hall–Kier alpha value is -2.97. The summed E-state index contributed by atoms with van der Waals surface area (Å²) in [6, 6.07) is 9.49. The number of carbonyl (C=O) groups is 1. The van der Waals surface area contributed by atoms with Gasteiger partial charge in [0.2, 0.25) is 5.89 Å². The van der Waals surface area contributed by atoms with Crippen LogP contribution in [0.4, 0.5) is 0 Å². The molecule has 2 atom stereocenters. The van der Waals surface area contributed by atoms with Crippen LogP contribution in [-0.2, 0) is 11.3 Å². The number of likely N-dealkylation sites (tertiary alicyclic amines) is 1. The van der Waals surface area contributed by atoms with Crippen LogP contribution in [-0.4, -0.2) is 57.3 Å². The molecule has 4 rings (SSSR count). The number of ether oxygens (including phenoxy) is 2. The molecular weight excluding hydrogens is 374 g/mol. The molecule has 0 aliphatic carbocycles. The number of nitrogens with zero attached hydrogens (tertiary/aromatic N) is 3. The van der Waals surface area contributed by atoms with Crippen LogP contribution >= 0.6 is 0 Å². The number of fused-ring (bicyclic) bond motifs is 1. The SMILES string of the molecule is CC(C)O[C@H]1CN(C(=O)c2coc(COc3cccc4cccnc34)n2)C[C@@H]1O. The van der Waals surface area contributed by atoms with Crippen molar-refractivity contribution in [2.45, 2.75) is 38.8 Å². The number of oxazole rings is 1. The maximum absolute atomic E-state index is 12.7. The number of hydrogen-bond acceptors (Lipinski definition) is 7. The van der Waals surface area contributed by atoms with Crippen LogP contribution < -0.4 is 4.74 Å². The van der Waals surface area contributed by atoms with Gasteiger partial charge in [-0.3, -0.25) is 9.78 Å². The number of benzene rings is 1. The standard InChI is InChI=1S/C21H23N3O5/c1-13(2)29-18-10-24(9-16(18)25)21(26)15-11-28-19(23-15)12-27-17-7-3-5-14-6-4-8-22-20(14)17/h3-8,11,13,16,18,25H,9-10,12H2,1-2H3/t16-,18-/m0/s1. The van der Waals surface area contributed by atoms with Gasteiger partial charge in [-0.25, -0.2) is 4.98 Å². The number of carbonyl (C=O) groups excluding carboxylic acids is 1. The first-order chi connectivity index (χ1) is 14.0. The molecule has 8 heteroatoms. The van der Waals surface area contributed by atoms with Gasteiger partial charge in [0.05, 0.1) is 12.2 Å². The van der Waals surface area contributed by atoms with Gasteiger partial charge in [-0.05, 0) is 26.0 Å². The van der Waals surface area contributed by atoms with Gasteiger partial charge >= 0.3 is 0 Å². The monoisotopic (exact) mass is 397 g/mol. The summed E-state index contributed by atoms with van der Waals surface area (Å²) >= 11 is 0. The lowest BCUT2D eigenvalue weighted by atomic mass is 10.2. The zero-order valence-corrected chi connectivity index (χ0v) is 16.3. The Morgan fingerprint density at radius 3 is 2.97 bits per heavy atom. The van der Waals surface area contributed by atoms with Gasteiger partial charge in [0.25, 0.3) is 5.91 Å². The topological polar surface area (TPSA) is 97.9 Å². The minimum atomic E-state index is -0.713. The van der Waals surface area contributed by atoms with Gasteiger partial charge in [0.15, 0.2) is 12.3 Å². The highest BCUT2D eigenvalue weighted by Gasteiger charge is 2.36. The largest absolute Gasteiger partial charge is 0.482 e. The molecule has 3 aromatic rings. The Balaban J connectivity index is 1.40. The molecule has 0 unspecified atom stereocenters. The van der Waals surface area contributed by atoms with Crippen molar-refractivity contribution in [3.63, 3.8) is 0 Å². The molecule has 0 bridgehead atoms. The van der Waals surface area contributed by atoms with Crippen molar-refractivity contribution in [2.75, 3.05) is 13.1 Å². The average Bonchev–Trinajstić information content (AvgIpc) is 3.32. The molecule has 1 saturated heterocycles. The fourth-order valence-corrected chi connectivity index (χ4v) is 3.38. The van der Waals surface area contributed by atoms with Crippen molar-refractivity contribution < 1.29 is 23.8 Å². The quantitative estimate of drug-likeness (QED) is 0.682. The smallest absolute Gasteiger partial charge is 0.275 e. The second-order valence-corrected chi connectivity index (χ2v) is 7.25. The van der Waals surface area contributed by atoms with Crippen molar-refractivity contribution in [2.24, 2.45) is 0 Å². The normalized spacial score (nSPS) is 19.2. The van der Waals surface area contributed by atoms with E-state index < -0.39 is 12.2 Å². The number of β-amino-alcohol motifs (C(OH)–C–C–N with tert-alkyl or cyclic N) is 1. The number of aliphatic hydroxyl groups is 1. The molecule has 3 heterocycles. The van der Waals surface area contributed by atoms with Crippen LogP contribution in [0.25, 0.3) is 10.9 Å². The molecule has 1 amide bonds. The van der Waals surface area contributed by atoms with E-state index in [0.717, 1.165) is 10.9 Å². The van der Waals surface area contributed by atoms with E-state index in [1.54, 1.807) is 6.20 Å². The highest BCUT2D eigenvalue weighted by molar-refractivity contribution is 5.92. The molecule has 0 radical (unpaired) electrons. The number of para-hydroxylation sites is 1. The van der Waals surface area contributed by atoms with Crippen LogP contribution in [0.5, 0.6) is 5.75 Å². The van der Waals surface area contributed by atoms with Gasteiger partial charge in [-0.1, -0.05) is 18.2 Å². The Morgan fingerprint density at radius 1 is 1.31 bits per heavy atom. The third kappa shape index (κ3) is 4.23. The lowest BCUT2D eigenvalue weighted by molar-refractivity contribution is -0.0394. The van der Waals surface area contributed by atoms with Gasteiger partial charge in [0.1, 0.15) is 23.6 Å². The maximum atomic E-state index is 12.7. The highest BCUT2D eigenvalue weighted by Crippen LogP contribution is 2.24. The maximum Gasteiger partial charge on any atom is 0.275 e. The summed E-state index contributed by atoms with van der Waals surface area (Å²) in [5.41, 5.74) is 0.928. The second-order valence-electron chi connectivity index (χ2n) is 7.25. The highest BCUT2D eigenvalue weighted by atomic mass is 16.5. The zero-order valence-electron chi connectivity index (χ0n) is 16.3. The first kappa shape index (κ1) is 19.4. The van der Waals surface area contributed by atoms with E-state index in [1.165, 1.54) is 11.2 Å². The van der Waals surface area contributed by atoms with Crippen LogP contribution in [0.3, 0.4) is 0 Å². The van der Waals surface area contributed by atoms with Crippen molar-refractivity contribution in [3.8, 4) is 5.75 Å². The summed E-state index contributed by atoms with van der Waals surface area (Å²) in [6.45, 7) is 4.39. The Bertz CT molecular complexity index is 997. The summed E-state index contributed by atoms with van der Waals surface area (Å²) in [4.78, 5) is 22.8. The fraction of sp³-hybridized carbons (Fsp3) is 0.381. The predicted octanol–water partition coefficient (Wildman–Crippen LogP) is 2.41. The summed E-state index contributed by atoms with van der Waals surface area (Å²) < 4.78 is 16.9. The number of aromatic nitrogens is 2. The fourth-order valence-electron chi connectivity index (χ4n) is 3.38. The minimum absolute atomic E-state index is 0.0240. The molecule has 8 nitrogen and oxygen atoms in total. The number of amides is 1. The molecule has 1 fully saturated rings. The molecule has 1 N–H and O–H groups in total. The number of aliphatic hydroxyl groups excluding tert-OH is 1. The zero-order chi connectivity index (χ0) is 20.4. The predicted molar refractivity (Wildman–Crippen MR) is 104 cm³/mol. The van der Waals surface area contributed by atoms with Crippen molar-refractivity contribution in [1.82, 2.24) is 14.9 Å². The molecule has 0 saturated carbocycles. The van der Waals surface area contributed by atoms with Gasteiger partial charge in [0, 0.05) is 24.7 Å². The number of rotatable bonds is 6. The first-order valence-corrected chi connectivity index (χ1v) is 9.55. The van der Waals surface area contributed by atoms with Crippen molar-refractivity contribution >= 4 is 16.8 Å². The molecule has 1 aliphatic heterocycles. The number of pyridine rings is 1. The number of hydrogen-bond donors (Lipinski definition) is 1. The Morgan fingerprint density at radius 2 is 2.14 bits per heavy atom. The van der Waals surface area contributed by atoms with E-state index in [9.17, 15) is 9.90 Å². The average molecular weight is 397 g/mol. The van der Waals surface area contributed by atoms with E-state index >= 15 is 0 Å². The lowest BCUT2D eigenvalue weighted by Crippen LogP contribution is -2.31. The Labute approximate surface area is 168 Å². The molecule has 1 aromatic carbocycles. The van der Waals surface area contributed by atoms with Gasteiger partial charge < -0.3 is 23.9 Å². The second kappa shape index (κ2) is 8.18. The van der Waals surface area contributed by atoms with Gasteiger partial charge in [-0.15, -0.1) is 0 Å². The van der Waals surface area contributed by atoms with Crippen molar-refractivity contribution in [3.05, 3.63) is 54.4 Å². The van der Waals surface area contributed by atoms with E-state index in [4.69, 9.17) is 13.9 Å². The van der Waals surface area contributed by atoms with Crippen LogP contribution in [0.2, 0.25) is 0 Å². The summed E-state index contributed by atoms with van der Waals surface area (Å²) in [6.07, 6.45) is 1.88. The molecule has 152 valence electrons. The van der Waals surface area contributed by atoms with E-state index in [2.05, 4.69) is 9.97 Å².